The number of hydrazine groups is 1. The average Bonchev–Trinajstić information content (AvgIpc) is 2.21. The largest absolute Gasteiger partial charge is 0.303 e. The van der Waals surface area contributed by atoms with Crippen molar-refractivity contribution in [1.29, 1.82) is 0 Å². The van der Waals surface area contributed by atoms with Gasteiger partial charge < -0.3 is 4.90 Å². The first-order valence-electron chi connectivity index (χ1n) is 6.53. The summed E-state index contributed by atoms with van der Waals surface area (Å²) in [6.07, 6.45) is 5.33. The summed E-state index contributed by atoms with van der Waals surface area (Å²) in [7, 11) is 4.27. The Hall–Kier alpha value is -0.120. The molecule has 0 saturated heterocycles. The van der Waals surface area contributed by atoms with Crippen LogP contribution < -0.4 is 11.3 Å². The molecule has 0 aliphatic heterocycles. The molecule has 1 fully saturated rings. The maximum Gasteiger partial charge on any atom is 0.0417 e. The summed E-state index contributed by atoms with van der Waals surface area (Å²) in [5.74, 6) is 7.41. The molecule has 3 heteroatoms. The van der Waals surface area contributed by atoms with Crippen LogP contribution in [0.5, 0.6) is 0 Å². The minimum Gasteiger partial charge on any atom is -0.303 e. The van der Waals surface area contributed by atoms with Crippen molar-refractivity contribution in [2.24, 2.45) is 17.7 Å². The van der Waals surface area contributed by atoms with Crippen LogP contribution in [-0.4, -0.2) is 30.6 Å². The molecule has 1 atom stereocenters. The van der Waals surface area contributed by atoms with Crippen LogP contribution in [0.4, 0.5) is 0 Å². The summed E-state index contributed by atoms with van der Waals surface area (Å²) in [6.45, 7) is 6.91. The summed E-state index contributed by atoms with van der Waals surface area (Å²) < 4.78 is 0. The number of nitrogens with one attached hydrogen (secondary N) is 1. The number of hydrogen-bond acceptors (Lipinski definition) is 3. The van der Waals surface area contributed by atoms with Crippen LogP contribution in [0.2, 0.25) is 0 Å². The van der Waals surface area contributed by atoms with E-state index in [0.29, 0.717) is 6.04 Å². The predicted octanol–water partition coefficient (Wildman–Crippen LogP) is 1.98. The molecule has 0 spiro atoms. The van der Waals surface area contributed by atoms with Gasteiger partial charge in [-0.15, -0.1) is 0 Å². The standard InChI is InChI=1S/C13H29N3/c1-10-6-8-11(9-7-10)12(15-14)13(2,3)16(4)5/h10-12,15H,6-9,14H2,1-5H3. The first-order chi connectivity index (χ1) is 7.39. The summed E-state index contributed by atoms with van der Waals surface area (Å²) >= 11 is 0. The second kappa shape index (κ2) is 5.48. The Morgan fingerprint density at radius 3 is 2.06 bits per heavy atom. The van der Waals surface area contributed by atoms with Crippen molar-refractivity contribution in [1.82, 2.24) is 10.3 Å². The van der Waals surface area contributed by atoms with Gasteiger partial charge in [0.1, 0.15) is 0 Å². The van der Waals surface area contributed by atoms with E-state index in [1.807, 2.05) is 0 Å². The van der Waals surface area contributed by atoms with E-state index in [1.54, 1.807) is 0 Å². The molecule has 0 aromatic rings. The highest BCUT2D eigenvalue weighted by molar-refractivity contribution is 4.95. The molecule has 0 heterocycles. The lowest BCUT2D eigenvalue weighted by molar-refractivity contribution is 0.0808. The Morgan fingerprint density at radius 2 is 1.69 bits per heavy atom. The van der Waals surface area contributed by atoms with Gasteiger partial charge in [-0.1, -0.05) is 19.8 Å². The molecule has 1 saturated carbocycles. The third-order valence-corrected chi connectivity index (χ3v) is 4.63. The van der Waals surface area contributed by atoms with E-state index in [0.717, 1.165) is 11.8 Å². The number of hydrogen-bond donors (Lipinski definition) is 2. The summed E-state index contributed by atoms with van der Waals surface area (Å²) in [5, 5.41) is 0. The van der Waals surface area contributed by atoms with Crippen molar-refractivity contribution < 1.29 is 0 Å². The molecule has 0 aromatic heterocycles. The van der Waals surface area contributed by atoms with Crippen molar-refractivity contribution in [3.63, 3.8) is 0 Å². The van der Waals surface area contributed by atoms with Crippen LogP contribution in [0.25, 0.3) is 0 Å². The number of likely N-dealkylation sites (N-methyl/N-ethyl adjacent to an activating group) is 1. The summed E-state index contributed by atoms with van der Waals surface area (Å²) in [5.41, 5.74) is 3.18. The van der Waals surface area contributed by atoms with Crippen LogP contribution in [0.15, 0.2) is 0 Å². The fraction of sp³-hybridized carbons (Fsp3) is 1.00. The topological polar surface area (TPSA) is 41.3 Å². The Balaban J connectivity index is 2.67. The van der Waals surface area contributed by atoms with Gasteiger partial charge >= 0.3 is 0 Å². The van der Waals surface area contributed by atoms with E-state index in [1.165, 1.54) is 25.7 Å². The molecule has 1 unspecified atom stereocenters. The van der Waals surface area contributed by atoms with Gasteiger partial charge in [0.05, 0.1) is 0 Å². The summed E-state index contributed by atoms with van der Waals surface area (Å²) in [6, 6.07) is 0.384. The average molecular weight is 227 g/mol. The number of nitrogens with two attached hydrogens (primary N) is 1. The van der Waals surface area contributed by atoms with Gasteiger partial charge in [0.2, 0.25) is 0 Å². The van der Waals surface area contributed by atoms with Gasteiger partial charge in [-0.2, -0.15) is 0 Å². The monoisotopic (exact) mass is 227 g/mol. The zero-order valence-electron chi connectivity index (χ0n) is 11.6. The highest BCUT2D eigenvalue weighted by atomic mass is 15.3. The van der Waals surface area contributed by atoms with E-state index in [-0.39, 0.29) is 5.54 Å². The fourth-order valence-electron chi connectivity index (χ4n) is 2.81. The van der Waals surface area contributed by atoms with Gasteiger partial charge in [0, 0.05) is 11.6 Å². The van der Waals surface area contributed by atoms with Gasteiger partial charge in [0.25, 0.3) is 0 Å². The van der Waals surface area contributed by atoms with Crippen molar-refractivity contribution >= 4 is 0 Å². The predicted molar refractivity (Wildman–Crippen MR) is 70.0 cm³/mol. The van der Waals surface area contributed by atoms with E-state index < -0.39 is 0 Å². The first-order valence-corrected chi connectivity index (χ1v) is 6.53. The lowest BCUT2D eigenvalue weighted by Gasteiger charge is -2.45. The van der Waals surface area contributed by atoms with Crippen molar-refractivity contribution in [2.75, 3.05) is 14.1 Å². The second-order valence-corrected chi connectivity index (χ2v) is 6.21. The summed E-state index contributed by atoms with van der Waals surface area (Å²) in [4.78, 5) is 2.27. The Kier molecular flexibility index (Phi) is 4.77. The van der Waals surface area contributed by atoms with Crippen molar-refractivity contribution in [3.8, 4) is 0 Å². The van der Waals surface area contributed by atoms with E-state index in [2.05, 4.69) is 45.2 Å². The quantitative estimate of drug-likeness (QED) is 0.570. The van der Waals surface area contributed by atoms with Gasteiger partial charge in [-0.25, -0.2) is 0 Å². The zero-order chi connectivity index (χ0) is 12.3. The molecular weight excluding hydrogens is 198 g/mol. The van der Waals surface area contributed by atoms with E-state index in [9.17, 15) is 0 Å². The highest BCUT2D eigenvalue weighted by Crippen LogP contribution is 2.34. The molecule has 16 heavy (non-hydrogen) atoms. The molecule has 3 N–H and O–H groups in total. The molecule has 96 valence electrons. The minimum absolute atomic E-state index is 0.111. The maximum absolute atomic E-state index is 5.79. The van der Waals surface area contributed by atoms with Crippen LogP contribution in [0, 0.1) is 11.8 Å². The lowest BCUT2D eigenvalue weighted by atomic mass is 9.73. The molecule has 1 rings (SSSR count). The number of nitrogens with zero attached hydrogens (tertiary/aromatic N) is 1. The van der Waals surface area contributed by atoms with Crippen LogP contribution in [0.1, 0.15) is 46.5 Å². The maximum atomic E-state index is 5.79. The third-order valence-electron chi connectivity index (χ3n) is 4.63. The second-order valence-electron chi connectivity index (χ2n) is 6.21. The smallest absolute Gasteiger partial charge is 0.0417 e. The molecule has 0 amide bonds. The zero-order valence-corrected chi connectivity index (χ0v) is 11.6. The minimum atomic E-state index is 0.111. The SMILES string of the molecule is CC1CCC(C(NN)C(C)(C)N(C)C)CC1. The van der Waals surface area contributed by atoms with Gasteiger partial charge in [0.15, 0.2) is 0 Å². The van der Waals surface area contributed by atoms with Gasteiger partial charge in [-0.3, -0.25) is 11.3 Å². The molecular formula is C13H29N3. The van der Waals surface area contributed by atoms with Crippen molar-refractivity contribution in [3.05, 3.63) is 0 Å². The van der Waals surface area contributed by atoms with Crippen LogP contribution in [-0.2, 0) is 0 Å². The fourth-order valence-corrected chi connectivity index (χ4v) is 2.81. The lowest BCUT2D eigenvalue weighted by Crippen LogP contribution is -2.60. The van der Waals surface area contributed by atoms with Gasteiger partial charge in [-0.05, 0) is 52.6 Å². The Bertz CT molecular complexity index is 205. The normalized spacial score (nSPS) is 29.4. The number of rotatable bonds is 4. The highest BCUT2D eigenvalue weighted by Gasteiger charge is 2.37. The Morgan fingerprint density at radius 1 is 1.19 bits per heavy atom. The molecule has 0 radical (unpaired) electrons. The first kappa shape index (κ1) is 13.9. The molecule has 1 aliphatic rings. The molecule has 1 aliphatic carbocycles. The van der Waals surface area contributed by atoms with Crippen LogP contribution in [0.3, 0.4) is 0 Å². The van der Waals surface area contributed by atoms with Crippen LogP contribution >= 0.6 is 0 Å². The van der Waals surface area contributed by atoms with E-state index >= 15 is 0 Å². The molecule has 0 bridgehead atoms. The molecule has 3 nitrogen and oxygen atoms in total. The Labute approximate surface area is 101 Å². The molecule has 0 aromatic carbocycles. The van der Waals surface area contributed by atoms with Crippen molar-refractivity contribution in [2.45, 2.75) is 58.0 Å². The third kappa shape index (κ3) is 2.96. The van der Waals surface area contributed by atoms with E-state index in [4.69, 9.17) is 5.84 Å².